The summed E-state index contributed by atoms with van der Waals surface area (Å²) < 4.78 is 0. The third-order valence-electron chi connectivity index (χ3n) is 2.92. The number of amides is 1. The maximum atomic E-state index is 11.7. The molecule has 0 radical (unpaired) electrons. The van der Waals surface area contributed by atoms with Gasteiger partial charge in [0.1, 0.15) is 0 Å². The van der Waals surface area contributed by atoms with Crippen LogP contribution in [0.4, 0.5) is 0 Å². The normalized spacial score (nSPS) is 14.4. The molecule has 4 nitrogen and oxygen atoms in total. The second-order valence-electron chi connectivity index (χ2n) is 5.79. The highest BCUT2D eigenvalue weighted by molar-refractivity contribution is 6.31. The van der Waals surface area contributed by atoms with Crippen LogP contribution in [0.5, 0.6) is 0 Å². The molecule has 1 rings (SSSR count). The van der Waals surface area contributed by atoms with Gasteiger partial charge in [0.15, 0.2) is 0 Å². The fraction of sp³-hybridized carbons (Fsp3) is 0.438. The van der Waals surface area contributed by atoms with E-state index in [4.69, 9.17) is 11.6 Å². The van der Waals surface area contributed by atoms with Crippen LogP contribution in [0.15, 0.2) is 24.3 Å². The zero-order valence-electron chi connectivity index (χ0n) is 13.0. The Hall–Kier alpha value is -1.36. The first-order chi connectivity index (χ1) is 9.69. The molecule has 0 spiro atoms. The van der Waals surface area contributed by atoms with Gasteiger partial charge in [0.05, 0.1) is 5.60 Å². The summed E-state index contributed by atoms with van der Waals surface area (Å²) in [5, 5.41) is 13.4. The summed E-state index contributed by atoms with van der Waals surface area (Å²) in [6.07, 6.45) is 3.13. The first-order valence-electron chi connectivity index (χ1n) is 6.79. The highest BCUT2D eigenvalue weighted by Gasteiger charge is 2.21. The van der Waals surface area contributed by atoms with Crippen LogP contribution in [0.3, 0.4) is 0 Å². The van der Waals surface area contributed by atoms with Gasteiger partial charge in [-0.15, -0.1) is 0 Å². The van der Waals surface area contributed by atoms with E-state index in [0.29, 0.717) is 11.6 Å². The Morgan fingerprint density at radius 1 is 1.48 bits per heavy atom. The minimum atomic E-state index is -0.958. The Morgan fingerprint density at radius 2 is 2.14 bits per heavy atom. The number of aryl methyl sites for hydroxylation is 1. The van der Waals surface area contributed by atoms with Crippen molar-refractivity contribution in [2.24, 2.45) is 0 Å². The monoisotopic (exact) mass is 310 g/mol. The van der Waals surface area contributed by atoms with E-state index in [1.165, 1.54) is 6.08 Å². The molecule has 0 fully saturated rings. The lowest BCUT2D eigenvalue weighted by Crippen LogP contribution is -2.46. The third kappa shape index (κ3) is 6.76. The van der Waals surface area contributed by atoms with E-state index in [1.54, 1.807) is 13.0 Å². The lowest BCUT2D eigenvalue weighted by molar-refractivity contribution is -0.117. The summed E-state index contributed by atoms with van der Waals surface area (Å²) in [5.41, 5.74) is 0.902. The van der Waals surface area contributed by atoms with Crippen LogP contribution in [-0.2, 0) is 4.79 Å². The number of likely N-dealkylation sites (N-methyl/N-ethyl adjacent to an activating group) is 1. The van der Waals surface area contributed by atoms with E-state index >= 15 is 0 Å². The summed E-state index contributed by atoms with van der Waals surface area (Å²) in [4.78, 5) is 13.6. The van der Waals surface area contributed by atoms with Crippen LogP contribution >= 0.6 is 11.6 Å². The smallest absolute Gasteiger partial charge is 0.244 e. The highest BCUT2D eigenvalue weighted by atomic mass is 35.5. The zero-order valence-corrected chi connectivity index (χ0v) is 13.7. The lowest BCUT2D eigenvalue weighted by Gasteiger charge is -2.26. The predicted molar refractivity (Wildman–Crippen MR) is 87.4 cm³/mol. The van der Waals surface area contributed by atoms with Gasteiger partial charge in [0.2, 0.25) is 5.91 Å². The predicted octanol–water partition coefficient (Wildman–Crippen LogP) is 2.09. The van der Waals surface area contributed by atoms with Crippen molar-refractivity contribution in [3.8, 4) is 0 Å². The summed E-state index contributed by atoms with van der Waals surface area (Å²) in [6, 6.07) is 5.61. The van der Waals surface area contributed by atoms with Gasteiger partial charge in [0, 0.05) is 24.2 Å². The Morgan fingerprint density at radius 3 is 2.71 bits per heavy atom. The molecule has 21 heavy (non-hydrogen) atoms. The molecule has 1 amide bonds. The molecule has 0 saturated heterocycles. The Labute approximate surface area is 131 Å². The topological polar surface area (TPSA) is 52.6 Å². The average molecular weight is 311 g/mol. The second-order valence-corrected chi connectivity index (χ2v) is 6.20. The Balaban J connectivity index is 2.53. The largest absolute Gasteiger partial charge is 0.387 e. The summed E-state index contributed by atoms with van der Waals surface area (Å²) in [7, 11) is 3.74. The molecule has 0 bridgehead atoms. The van der Waals surface area contributed by atoms with E-state index in [2.05, 4.69) is 5.32 Å². The van der Waals surface area contributed by atoms with E-state index in [-0.39, 0.29) is 12.5 Å². The molecule has 0 heterocycles. The standard InChI is InChI=1S/C16H23ClN2O2/c1-12-5-6-13(9-14(12)17)7-8-15(20)18-10-16(2,21)11-19(3)4/h5-9,21H,10-11H2,1-4H3,(H,18,20)/b8-7+. The number of nitrogens with zero attached hydrogens (tertiary/aromatic N) is 1. The van der Waals surface area contributed by atoms with Gasteiger partial charge in [-0.1, -0.05) is 23.7 Å². The molecule has 0 saturated carbocycles. The Bertz CT molecular complexity index is 525. The van der Waals surface area contributed by atoms with Gasteiger partial charge >= 0.3 is 0 Å². The van der Waals surface area contributed by atoms with Crippen LogP contribution in [0, 0.1) is 6.92 Å². The van der Waals surface area contributed by atoms with Crippen LogP contribution in [0.25, 0.3) is 6.08 Å². The molecule has 1 atom stereocenters. The van der Waals surface area contributed by atoms with Crippen molar-refractivity contribution in [2.75, 3.05) is 27.2 Å². The van der Waals surface area contributed by atoms with Crippen molar-refractivity contribution in [3.63, 3.8) is 0 Å². The van der Waals surface area contributed by atoms with Crippen LogP contribution in [0.1, 0.15) is 18.1 Å². The molecule has 0 aromatic heterocycles. The summed E-state index contributed by atoms with van der Waals surface area (Å²) >= 11 is 6.03. The van der Waals surface area contributed by atoms with E-state index in [1.807, 2.05) is 44.1 Å². The van der Waals surface area contributed by atoms with Crippen molar-refractivity contribution in [3.05, 3.63) is 40.4 Å². The molecule has 1 aromatic carbocycles. The SMILES string of the molecule is Cc1ccc(/C=C/C(=O)NCC(C)(O)CN(C)C)cc1Cl. The van der Waals surface area contributed by atoms with Gasteiger partial charge < -0.3 is 15.3 Å². The molecular weight excluding hydrogens is 288 g/mol. The molecule has 0 aliphatic rings. The quantitative estimate of drug-likeness (QED) is 0.791. The number of halogens is 1. The fourth-order valence-electron chi connectivity index (χ4n) is 1.96. The second kappa shape index (κ2) is 7.59. The number of carbonyl (C=O) groups excluding carboxylic acids is 1. The van der Waals surface area contributed by atoms with Crippen molar-refractivity contribution in [1.29, 1.82) is 0 Å². The molecular formula is C16H23ClN2O2. The number of aliphatic hydroxyl groups is 1. The maximum Gasteiger partial charge on any atom is 0.244 e. The first kappa shape index (κ1) is 17.7. The van der Waals surface area contributed by atoms with Gasteiger partial charge in [-0.3, -0.25) is 4.79 Å². The highest BCUT2D eigenvalue weighted by Crippen LogP contribution is 2.17. The molecule has 1 aromatic rings. The number of nitrogens with one attached hydrogen (secondary N) is 1. The zero-order chi connectivity index (χ0) is 16.0. The Kier molecular flexibility index (Phi) is 6.40. The van der Waals surface area contributed by atoms with Crippen LogP contribution < -0.4 is 5.32 Å². The molecule has 116 valence electrons. The molecule has 0 aliphatic heterocycles. The lowest BCUT2D eigenvalue weighted by atomic mass is 10.1. The number of carbonyl (C=O) groups is 1. The van der Waals surface area contributed by atoms with E-state index < -0.39 is 5.60 Å². The molecule has 1 unspecified atom stereocenters. The first-order valence-corrected chi connectivity index (χ1v) is 7.16. The minimum Gasteiger partial charge on any atom is -0.387 e. The van der Waals surface area contributed by atoms with Gasteiger partial charge in [0.25, 0.3) is 0 Å². The van der Waals surface area contributed by atoms with E-state index in [9.17, 15) is 9.90 Å². The van der Waals surface area contributed by atoms with Crippen molar-refractivity contribution < 1.29 is 9.90 Å². The average Bonchev–Trinajstić information content (AvgIpc) is 2.36. The van der Waals surface area contributed by atoms with E-state index in [0.717, 1.165) is 11.1 Å². The number of hydrogen-bond acceptors (Lipinski definition) is 3. The van der Waals surface area contributed by atoms with Crippen molar-refractivity contribution >= 4 is 23.6 Å². The van der Waals surface area contributed by atoms with Crippen LogP contribution in [0.2, 0.25) is 5.02 Å². The number of rotatable bonds is 6. The van der Waals surface area contributed by atoms with Crippen molar-refractivity contribution in [2.45, 2.75) is 19.4 Å². The third-order valence-corrected chi connectivity index (χ3v) is 3.33. The summed E-state index contributed by atoms with van der Waals surface area (Å²) in [5.74, 6) is -0.245. The summed E-state index contributed by atoms with van der Waals surface area (Å²) in [6.45, 7) is 4.29. The molecule has 5 heteroatoms. The molecule has 2 N–H and O–H groups in total. The number of hydrogen-bond donors (Lipinski definition) is 2. The van der Waals surface area contributed by atoms with Gasteiger partial charge in [-0.2, -0.15) is 0 Å². The van der Waals surface area contributed by atoms with Crippen molar-refractivity contribution in [1.82, 2.24) is 10.2 Å². The minimum absolute atomic E-state index is 0.197. The van der Waals surface area contributed by atoms with Crippen LogP contribution in [-0.4, -0.2) is 48.7 Å². The maximum absolute atomic E-state index is 11.7. The molecule has 0 aliphatic carbocycles. The number of benzene rings is 1. The fourth-order valence-corrected chi connectivity index (χ4v) is 2.15. The van der Waals surface area contributed by atoms with Gasteiger partial charge in [-0.25, -0.2) is 0 Å². The van der Waals surface area contributed by atoms with Gasteiger partial charge in [-0.05, 0) is 51.2 Å².